The summed E-state index contributed by atoms with van der Waals surface area (Å²) in [5.74, 6) is 0.833. The number of aromatic nitrogens is 3. The normalized spacial score (nSPS) is 17.3. The Morgan fingerprint density at radius 1 is 1.55 bits per heavy atom. The van der Waals surface area contributed by atoms with Gasteiger partial charge in [0.15, 0.2) is 0 Å². The molecule has 0 radical (unpaired) electrons. The van der Waals surface area contributed by atoms with Crippen LogP contribution < -0.4 is 5.69 Å². The molecule has 0 aliphatic heterocycles. The smallest absolute Gasteiger partial charge is 0.276 e. The Bertz CT molecular complexity index is 332. The SMILES string of the molecule is Cc1nn(C)c(=O)n1C1CC1. The molecule has 0 spiro atoms. The van der Waals surface area contributed by atoms with E-state index in [-0.39, 0.29) is 5.69 Å². The maximum Gasteiger partial charge on any atom is 0.345 e. The number of rotatable bonds is 1. The van der Waals surface area contributed by atoms with Gasteiger partial charge in [-0.2, -0.15) is 5.10 Å². The van der Waals surface area contributed by atoms with E-state index in [2.05, 4.69) is 5.10 Å². The third-order valence-corrected chi connectivity index (χ3v) is 2.04. The van der Waals surface area contributed by atoms with Gasteiger partial charge in [-0.15, -0.1) is 0 Å². The van der Waals surface area contributed by atoms with Crippen LogP contribution in [0.4, 0.5) is 0 Å². The van der Waals surface area contributed by atoms with Gasteiger partial charge in [-0.1, -0.05) is 0 Å². The minimum atomic E-state index is 0.0185. The lowest BCUT2D eigenvalue weighted by Gasteiger charge is -1.95. The standard InChI is InChI=1S/C7H11N3O/c1-5-8-9(2)7(11)10(5)6-3-4-6/h6H,3-4H2,1-2H3. The van der Waals surface area contributed by atoms with Gasteiger partial charge in [0.1, 0.15) is 5.82 Å². The van der Waals surface area contributed by atoms with E-state index < -0.39 is 0 Å². The van der Waals surface area contributed by atoms with Gasteiger partial charge in [0.2, 0.25) is 0 Å². The first-order valence-electron chi connectivity index (χ1n) is 3.82. The van der Waals surface area contributed by atoms with Gasteiger partial charge in [-0.3, -0.25) is 4.57 Å². The second kappa shape index (κ2) is 1.96. The van der Waals surface area contributed by atoms with Crippen molar-refractivity contribution in [1.29, 1.82) is 0 Å². The lowest BCUT2D eigenvalue weighted by Crippen LogP contribution is -2.22. The maximum absolute atomic E-state index is 11.3. The second-order valence-electron chi connectivity index (χ2n) is 3.05. The molecule has 0 bridgehead atoms. The van der Waals surface area contributed by atoms with E-state index in [9.17, 15) is 4.79 Å². The van der Waals surface area contributed by atoms with Crippen LogP contribution in [0.5, 0.6) is 0 Å². The fourth-order valence-electron chi connectivity index (χ4n) is 1.36. The Labute approximate surface area is 64.4 Å². The summed E-state index contributed by atoms with van der Waals surface area (Å²) in [6, 6.07) is 0.441. The summed E-state index contributed by atoms with van der Waals surface area (Å²) in [7, 11) is 1.69. The first kappa shape index (κ1) is 6.64. The summed E-state index contributed by atoms with van der Waals surface area (Å²) in [5.41, 5.74) is 0.0185. The van der Waals surface area contributed by atoms with E-state index in [1.165, 1.54) is 4.68 Å². The number of aryl methyl sites for hydroxylation is 2. The Balaban J connectivity index is 2.59. The summed E-state index contributed by atoms with van der Waals surface area (Å²) in [6.45, 7) is 1.87. The van der Waals surface area contributed by atoms with Crippen molar-refractivity contribution in [2.75, 3.05) is 0 Å². The molecule has 0 unspecified atom stereocenters. The molecule has 1 fully saturated rings. The zero-order valence-electron chi connectivity index (χ0n) is 6.74. The Morgan fingerprint density at radius 2 is 2.18 bits per heavy atom. The van der Waals surface area contributed by atoms with Gasteiger partial charge < -0.3 is 0 Å². The molecule has 1 aliphatic rings. The number of nitrogens with zero attached hydrogens (tertiary/aromatic N) is 3. The molecule has 0 aromatic carbocycles. The lowest BCUT2D eigenvalue weighted by atomic mass is 10.6. The highest BCUT2D eigenvalue weighted by Crippen LogP contribution is 2.33. The van der Waals surface area contributed by atoms with Crippen molar-refractivity contribution < 1.29 is 0 Å². The molecular weight excluding hydrogens is 142 g/mol. The van der Waals surface area contributed by atoms with Crippen molar-refractivity contribution in [3.05, 3.63) is 16.3 Å². The molecule has 1 aromatic rings. The highest BCUT2D eigenvalue weighted by Gasteiger charge is 2.27. The molecule has 4 heteroatoms. The van der Waals surface area contributed by atoms with Crippen molar-refractivity contribution >= 4 is 0 Å². The van der Waals surface area contributed by atoms with Crippen molar-refractivity contribution in [2.24, 2.45) is 7.05 Å². The van der Waals surface area contributed by atoms with E-state index in [0.29, 0.717) is 6.04 Å². The highest BCUT2D eigenvalue weighted by atomic mass is 16.2. The van der Waals surface area contributed by atoms with Crippen LogP contribution in [-0.4, -0.2) is 14.3 Å². The molecule has 60 valence electrons. The van der Waals surface area contributed by atoms with Crippen LogP contribution in [0.25, 0.3) is 0 Å². The summed E-state index contributed by atoms with van der Waals surface area (Å²) in [6.07, 6.45) is 2.26. The zero-order valence-corrected chi connectivity index (χ0v) is 6.74. The zero-order chi connectivity index (χ0) is 8.01. The summed E-state index contributed by atoms with van der Waals surface area (Å²) in [4.78, 5) is 11.3. The first-order valence-corrected chi connectivity index (χ1v) is 3.82. The Kier molecular flexibility index (Phi) is 1.19. The van der Waals surface area contributed by atoms with E-state index in [1.54, 1.807) is 11.6 Å². The van der Waals surface area contributed by atoms with Gasteiger partial charge in [0.25, 0.3) is 0 Å². The molecule has 11 heavy (non-hydrogen) atoms. The third kappa shape index (κ3) is 0.895. The summed E-state index contributed by atoms with van der Waals surface area (Å²) >= 11 is 0. The molecule has 1 aromatic heterocycles. The van der Waals surface area contributed by atoms with Crippen LogP contribution in [0.2, 0.25) is 0 Å². The van der Waals surface area contributed by atoms with Gasteiger partial charge in [0, 0.05) is 13.1 Å². The van der Waals surface area contributed by atoms with Crippen LogP contribution >= 0.6 is 0 Å². The fourth-order valence-corrected chi connectivity index (χ4v) is 1.36. The maximum atomic E-state index is 11.3. The van der Waals surface area contributed by atoms with Crippen LogP contribution in [0.15, 0.2) is 4.79 Å². The molecule has 0 N–H and O–H groups in total. The van der Waals surface area contributed by atoms with Gasteiger partial charge in [-0.05, 0) is 19.8 Å². The highest BCUT2D eigenvalue weighted by molar-refractivity contribution is 4.93. The first-order chi connectivity index (χ1) is 5.20. The van der Waals surface area contributed by atoms with E-state index in [1.807, 2.05) is 6.92 Å². The number of hydrogen-bond donors (Lipinski definition) is 0. The predicted octanol–water partition coefficient (Wildman–Crippen LogP) is 0.225. The topological polar surface area (TPSA) is 39.8 Å². The van der Waals surface area contributed by atoms with Crippen molar-refractivity contribution in [1.82, 2.24) is 14.3 Å². The molecule has 0 amide bonds. The molecular formula is C7H11N3O. The largest absolute Gasteiger partial charge is 0.345 e. The summed E-state index contributed by atoms with van der Waals surface area (Å²) in [5, 5.41) is 4.04. The van der Waals surface area contributed by atoms with Gasteiger partial charge >= 0.3 is 5.69 Å². The van der Waals surface area contributed by atoms with Crippen LogP contribution in [-0.2, 0) is 7.05 Å². The molecule has 2 rings (SSSR count). The lowest BCUT2D eigenvalue weighted by molar-refractivity contribution is 0.660. The van der Waals surface area contributed by atoms with E-state index >= 15 is 0 Å². The quantitative estimate of drug-likeness (QED) is 0.579. The van der Waals surface area contributed by atoms with Gasteiger partial charge in [-0.25, -0.2) is 9.48 Å². The summed E-state index contributed by atoms with van der Waals surface area (Å²) < 4.78 is 3.17. The minimum Gasteiger partial charge on any atom is -0.276 e. The van der Waals surface area contributed by atoms with Crippen molar-refractivity contribution in [3.8, 4) is 0 Å². The van der Waals surface area contributed by atoms with Crippen molar-refractivity contribution in [3.63, 3.8) is 0 Å². The molecule has 1 saturated carbocycles. The number of hydrogen-bond acceptors (Lipinski definition) is 2. The third-order valence-electron chi connectivity index (χ3n) is 2.04. The molecule has 0 saturated heterocycles. The molecule has 0 atom stereocenters. The average molecular weight is 153 g/mol. The van der Waals surface area contributed by atoms with Crippen LogP contribution in [0.1, 0.15) is 24.7 Å². The molecule has 4 nitrogen and oxygen atoms in total. The average Bonchev–Trinajstić information content (AvgIpc) is 2.68. The van der Waals surface area contributed by atoms with Gasteiger partial charge in [0.05, 0.1) is 0 Å². The monoisotopic (exact) mass is 153 g/mol. The van der Waals surface area contributed by atoms with E-state index in [0.717, 1.165) is 18.7 Å². The van der Waals surface area contributed by atoms with Crippen LogP contribution in [0, 0.1) is 6.92 Å². The minimum absolute atomic E-state index is 0.0185. The van der Waals surface area contributed by atoms with Crippen LogP contribution in [0.3, 0.4) is 0 Å². The van der Waals surface area contributed by atoms with E-state index in [4.69, 9.17) is 0 Å². The Hall–Kier alpha value is -1.06. The van der Waals surface area contributed by atoms with Crippen molar-refractivity contribution in [2.45, 2.75) is 25.8 Å². The molecule has 1 aliphatic carbocycles. The second-order valence-corrected chi connectivity index (χ2v) is 3.05. The predicted molar refractivity (Wildman–Crippen MR) is 40.5 cm³/mol. The molecule has 1 heterocycles. The Morgan fingerprint density at radius 3 is 2.55 bits per heavy atom. The fraction of sp³-hybridized carbons (Fsp3) is 0.714.